The number of benzene rings is 1. The first-order valence-corrected chi connectivity index (χ1v) is 12.2. The molecule has 1 aliphatic heterocycles. The van der Waals surface area contributed by atoms with Gasteiger partial charge < -0.3 is 4.74 Å². The van der Waals surface area contributed by atoms with Gasteiger partial charge in [-0.3, -0.25) is 14.9 Å². The first-order valence-electron chi connectivity index (χ1n) is 12.2. The second-order valence-electron chi connectivity index (χ2n) is 10.0. The van der Waals surface area contributed by atoms with Crippen molar-refractivity contribution in [2.45, 2.75) is 58.5 Å². The molecule has 0 amide bonds. The Hall–Kier alpha value is -1.69. The van der Waals surface area contributed by atoms with Crippen molar-refractivity contribution in [3.8, 4) is 0 Å². The van der Waals surface area contributed by atoms with Crippen LogP contribution in [0.4, 0.5) is 0 Å². The van der Waals surface area contributed by atoms with Crippen molar-refractivity contribution in [1.29, 1.82) is 0 Å². The smallest absolute Gasteiger partial charge is 0.0628 e. The molecule has 0 radical (unpaired) electrons. The molecule has 1 saturated heterocycles. The maximum absolute atomic E-state index is 5.42. The van der Waals surface area contributed by atoms with Gasteiger partial charge in [-0.25, -0.2) is 0 Å². The van der Waals surface area contributed by atoms with Crippen molar-refractivity contribution in [2.24, 2.45) is 11.8 Å². The Morgan fingerprint density at radius 2 is 2.00 bits per heavy atom. The number of hydrogen-bond acceptors (Lipinski definition) is 4. The van der Waals surface area contributed by atoms with Crippen molar-refractivity contribution < 1.29 is 4.74 Å². The van der Waals surface area contributed by atoms with Crippen LogP contribution < -0.4 is 0 Å². The molecule has 0 saturated carbocycles. The van der Waals surface area contributed by atoms with E-state index in [0.29, 0.717) is 12.0 Å². The molecular weight excluding hydrogens is 384 g/mol. The molecule has 4 rings (SSSR count). The second kappa shape index (κ2) is 10.8. The number of likely N-dealkylation sites (tertiary alicyclic amines) is 1. The van der Waals surface area contributed by atoms with Crippen molar-refractivity contribution in [3.05, 3.63) is 52.8 Å². The van der Waals surface area contributed by atoms with Gasteiger partial charge in [0, 0.05) is 45.0 Å². The highest BCUT2D eigenvalue weighted by Gasteiger charge is 2.31. The Kier molecular flexibility index (Phi) is 7.81. The summed E-state index contributed by atoms with van der Waals surface area (Å²) < 4.78 is 5.42. The number of H-pyrrole nitrogens is 1. The number of aromatic amines is 1. The fraction of sp³-hybridized carbons (Fsp3) is 0.654. The van der Waals surface area contributed by atoms with Gasteiger partial charge >= 0.3 is 0 Å². The average molecular weight is 425 g/mol. The van der Waals surface area contributed by atoms with Crippen LogP contribution in [0.5, 0.6) is 0 Å². The van der Waals surface area contributed by atoms with Gasteiger partial charge in [-0.2, -0.15) is 5.10 Å². The summed E-state index contributed by atoms with van der Waals surface area (Å²) >= 11 is 0. The maximum atomic E-state index is 5.42. The quantitative estimate of drug-likeness (QED) is 0.628. The van der Waals surface area contributed by atoms with Gasteiger partial charge in [-0.15, -0.1) is 0 Å². The summed E-state index contributed by atoms with van der Waals surface area (Å²) in [5.41, 5.74) is 5.53. The minimum atomic E-state index is 0.635. The predicted molar refractivity (Wildman–Crippen MR) is 126 cm³/mol. The molecule has 2 aromatic rings. The number of nitrogens with zero attached hydrogens (tertiary/aromatic N) is 3. The van der Waals surface area contributed by atoms with Crippen LogP contribution in [0, 0.1) is 11.8 Å². The Bertz CT molecular complexity index is 792. The summed E-state index contributed by atoms with van der Waals surface area (Å²) in [6.07, 6.45) is 6.14. The molecular formula is C26H40N4O. The molecule has 31 heavy (non-hydrogen) atoms. The third kappa shape index (κ3) is 6.18. The lowest BCUT2D eigenvalue weighted by Gasteiger charge is -2.38. The van der Waals surface area contributed by atoms with Crippen molar-refractivity contribution in [1.82, 2.24) is 20.0 Å². The zero-order valence-electron chi connectivity index (χ0n) is 19.6. The van der Waals surface area contributed by atoms with Crippen LogP contribution in [-0.2, 0) is 30.5 Å². The molecule has 2 aliphatic rings. The van der Waals surface area contributed by atoms with Crippen LogP contribution in [0.1, 0.15) is 49.2 Å². The Morgan fingerprint density at radius 3 is 2.71 bits per heavy atom. The van der Waals surface area contributed by atoms with Gasteiger partial charge in [0.25, 0.3) is 0 Å². The van der Waals surface area contributed by atoms with E-state index in [9.17, 15) is 0 Å². The van der Waals surface area contributed by atoms with Crippen molar-refractivity contribution >= 4 is 0 Å². The van der Waals surface area contributed by atoms with Crippen LogP contribution in [0.2, 0.25) is 0 Å². The Morgan fingerprint density at radius 1 is 1.23 bits per heavy atom. The summed E-state index contributed by atoms with van der Waals surface area (Å²) in [5, 5.41) is 7.81. The molecule has 1 aromatic heterocycles. The average Bonchev–Trinajstić information content (AvgIpc) is 3.38. The van der Waals surface area contributed by atoms with Crippen LogP contribution in [0.15, 0.2) is 30.3 Å². The first-order chi connectivity index (χ1) is 15.1. The number of nitrogens with one attached hydrogen (secondary N) is 1. The number of piperidine rings is 1. The van der Waals surface area contributed by atoms with E-state index in [-0.39, 0.29) is 0 Å². The number of hydrogen-bond donors (Lipinski definition) is 1. The van der Waals surface area contributed by atoms with E-state index >= 15 is 0 Å². The van der Waals surface area contributed by atoms with Crippen LogP contribution in [0.25, 0.3) is 0 Å². The van der Waals surface area contributed by atoms with E-state index in [1.54, 1.807) is 18.2 Å². The first kappa shape index (κ1) is 22.5. The number of rotatable bonds is 10. The third-order valence-corrected chi connectivity index (χ3v) is 6.92. The summed E-state index contributed by atoms with van der Waals surface area (Å²) in [4.78, 5) is 5.34. The number of fused-ring (bicyclic) bond motifs is 1. The lowest BCUT2D eigenvalue weighted by Crippen LogP contribution is -2.46. The zero-order valence-corrected chi connectivity index (χ0v) is 19.6. The van der Waals surface area contributed by atoms with Crippen LogP contribution in [0.3, 0.4) is 0 Å². The molecule has 2 heterocycles. The number of aromatic nitrogens is 2. The molecule has 1 fully saturated rings. The molecule has 1 atom stereocenters. The van der Waals surface area contributed by atoms with Gasteiger partial charge in [0.15, 0.2) is 0 Å². The lowest BCUT2D eigenvalue weighted by atomic mass is 9.95. The fourth-order valence-electron chi connectivity index (χ4n) is 5.45. The minimum Gasteiger partial charge on any atom is -0.383 e. The van der Waals surface area contributed by atoms with Crippen LogP contribution in [-0.4, -0.2) is 65.9 Å². The topological polar surface area (TPSA) is 44.4 Å². The van der Waals surface area contributed by atoms with Gasteiger partial charge in [0.1, 0.15) is 0 Å². The molecule has 1 aromatic carbocycles. The van der Waals surface area contributed by atoms with Crippen molar-refractivity contribution in [3.63, 3.8) is 0 Å². The largest absolute Gasteiger partial charge is 0.383 e. The molecule has 170 valence electrons. The second-order valence-corrected chi connectivity index (χ2v) is 10.0. The summed E-state index contributed by atoms with van der Waals surface area (Å²) in [6.45, 7) is 10.8. The number of ether oxygens (including phenoxy) is 1. The van der Waals surface area contributed by atoms with Gasteiger partial charge in [0.2, 0.25) is 0 Å². The van der Waals surface area contributed by atoms with E-state index in [2.05, 4.69) is 64.2 Å². The SMILES string of the molecule is COCCN(Cc1cc(CC(C)C)n[nH]1)C[C@H]1CCCN(C2Cc3ccccc3C2)C1. The van der Waals surface area contributed by atoms with E-state index in [1.807, 2.05) is 0 Å². The van der Waals surface area contributed by atoms with Gasteiger partial charge in [0.05, 0.1) is 12.3 Å². The van der Waals surface area contributed by atoms with Crippen LogP contribution >= 0.6 is 0 Å². The number of methoxy groups -OCH3 is 1. The summed E-state index contributed by atoms with van der Waals surface area (Å²) in [6, 6.07) is 12.0. The lowest BCUT2D eigenvalue weighted by molar-refractivity contribution is 0.0839. The zero-order chi connectivity index (χ0) is 21.6. The fourth-order valence-corrected chi connectivity index (χ4v) is 5.45. The van der Waals surface area contributed by atoms with E-state index in [4.69, 9.17) is 4.74 Å². The molecule has 5 nitrogen and oxygen atoms in total. The predicted octanol–water partition coefficient (Wildman–Crippen LogP) is 3.94. The minimum absolute atomic E-state index is 0.635. The van der Waals surface area contributed by atoms with Gasteiger partial charge in [-0.05, 0) is 67.7 Å². The van der Waals surface area contributed by atoms with E-state index in [0.717, 1.165) is 38.6 Å². The maximum Gasteiger partial charge on any atom is 0.0628 e. The highest BCUT2D eigenvalue weighted by atomic mass is 16.5. The molecule has 1 aliphatic carbocycles. The summed E-state index contributed by atoms with van der Waals surface area (Å²) in [5.74, 6) is 1.36. The molecule has 0 unspecified atom stereocenters. The monoisotopic (exact) mass is 424 g/mol. The van der Waals surface area contributed by atoms with Crippen molar-refractivity contribution in [2.75, 3.05) is 39.9 Å². The van der Waals surface area contributed by atoms with E-state index in [1.165, 1.54) is 50.2 Å². The molecule has 0 bridgehead atoms. The molecule has 0 spiro atoms. The molecule has 1 N–H and O–H groups in total. The highest BCUT2D eigenvalue weighted by Crippen LogP contribution is 2.29. The Labute approximate surface area is 188 Å². The molecule has 5 heteroatoms. The highest BCUT2D eigenvalue weighted by molar-refractivity contribution is 5.33. The third-order valence-electron chi connectivity index (χ3n) is 6.92. The Balaban J connectivity index is 1.33. The normalized spacial score (nSPS) is 20.1. The van der Waals surface area contributed by atoms with Gasteiger partial charge in [-0.1, -0.05) is 38.1 Å². The standard InChI is InChI=1S/C26H40N4O/c1-20(2)13-24-16-25(28-27-24)19-29(11-12-31-3)17-21-7-6-10-30(18-21)26-14-22-8-4-5-9-23(22)15-26/h4-5,8-9,16,20-21,26H,6-7,10-15,17-19H2,1-3H3,(H,27,28)/t21-/m1/s1. The summed E-state index contributed by atoms with van der Waals surface area (Å²) in [7, 11) is 1.80. The van der Waals surface area contributed by atoms with E-state index < -0.39 is 0 Å².